The average molecular weight is 210 g/mol. The summed E-state index contributed by atoms with van der Waals surface area (Å²) in [6.45, 7) is 0. The second-order valence-electron chi connectivity index (χ2n) is 3.08. The molecule has 0 fully saturated rings. The smallest absolute Gasteiger partial charge is 0.347 e. The summed E-state index contributed by atoms with van der Waals surface area (Å²) in [5.74, 6) is -2.34. The molecular weight excluding hydrogens is 203 g/mol. The van der Waals surface area contributed by atoms with E-state index in [1.165, 1.54) is 6.07 Å². The van der Waals surface area contributed by atoms with Crippen LogP contribution in [0.15, 0.2) is 18.2 Å². The number of hydrogen-bond donors (Lipinski definition) is 3. The van der Waals surface area contributed by atoms with Crippen molar-refractivity contribution in [3.8, 4) is 0 Å². The van der Waals surface area contributed by atoms with Crippen LogP contribution in [0.3, 0.4) is 0 Å². The number of carboxylic acids is 1. The van der Waals surface area contributed by atoms with Crippen molar-refractivity contribution in [2.24, 2.45) is 0 Å². The quantitative estimate of drug-likeness (QED) is 0.626. The molecule has 1 aromatic rings. The van der Waals surface area contributed by atoms with Gasteiger partial charge in [0.1, 0.15) is 5.82 Å². The second-order valence-corrected chi connectivity index (χ2v) is 3.08. The fraction of sp³-hybridized carbons (Fsp3) is 0.111. The van der Waals surface area contributed by atoms with Crippen molar-refractivity contribution >= 4 is 17.6 Å². The van der Waals surface area contributed by atoms with Gasteiger partial charge in [0.05, 0.1) is 5.56 Å². The summed E-state index contributed by atoms with van der Waals surface area (Å²) in [4.78, 5) is 22.0. The predicted octanol–water partition coefficient (Wildman–Crippen LogP) is 0.392. The number of anilines is 1. The minimum atomic E-state index is -1.20. The van der Waals surface area contributed by atoms with Gasteiger partial charge in [0.25, 0.3) is 5.91 Å². The fourth-order valence-electron chi connectivity index (χ4n) is 1.35. The van der Waals surface area contributed by atoms with Gasteiger partial charge >= 0.3 is 5.97 Å². The van der Waals surface area contributed by atoms with Crippen LogP contribution in [0, 0.1) is 5.82 Å². The van der Waals surface area contributed by atoms with Crippen LogP contribution in [-0.2, 0) is 4.79 Å². The lowest BCUT2D eigenvalue weighted by atomic mass is 10.1. The highest BCUT2D eigenvalue weighted by Gasteiger charge is 2.28. The Morgan fingerprint density at radius 2 is 2.13 bits per heavy atom. The third kappa shape index (κ3) is 1.61. The Balaban J connectivity index is 2.41. The Hall–Kier alpha value is -2.11. The fourth-order valence-corrected chi connectivity index (χ4v) is 1.35. The standard InChI is InChI=1S/C9H7FN2O3/c10-4-1-2-6-5(3-4)8(13)12-7(11-6)9(14)15/h1-3,7,11H,(H,12,13)(H,14,15). The van der Waals surface area contributed by atoms with Crippen LogP contribution < -0.4 is 10.6 Å². The molecule has 6 heteroatoms. The molecule has 5 nitrogen and oxygen atoms in total. The van der Waals surface area contributed by atoms with E-state index in [9.17, 15) is 14.0 Å². The van der Waals surface area contributed by atoms with Crippen LogP contribution in [0.2, 0.25) is 0 Å². The Morgan fingerprint density at radius 3 is 2.80 bits per heavy atom. The number of amides is 1. The van der Waals surface area contributed by atoms with Gasteiger partial charge in [-0.25, -0.2) is 9.18 Å². The molecular formula is C9H7FN2O3. The molecule has 0 saturated carbocycles. The van der Waals surface area contributed by atoms with Gasteiger partial charge < -0.3 is 15.7 Å². The molecule has 1 atom stereocenters. The van der Waals surface area contributed by atoms with Crippen molar-refractivity contribution in [3.05, 3.63) is 29.6 Å². The summed E-state index contributed by atoms with van der Waals surface area (Å²) in [5.41, 5.74) is 0.417. The first-order chi connectivity index (χ1) is 7.08. The first-order valence-corrected chi connectivity index (χ1v) is 4.17. The van der Waals surface area contributed by atoms with Crippen molar-refractivity contribution in [1.29, 1.82) is 0 Å². The van der Waals surface area contributed by atoms with Gasteiger partial charge in [-0.2, -0.15) is 0 Å². The molecule has 1 unspecified atom stereocenters. The highest BCUT2D eigenvalue weighted by molar-refractivity contribution is 6.04. The Kier molecular flexibility index (Phi) is 2.03. The van der Waals surface area contributed by atoms with Crippen LogP contribution in [0.5, 0.6) is 0 Å². The molecule has 0 aliphatic carbocycles. The van der Waals surface area contributed by atoms with Gasteiger partial charge in [-0.05, 0) is 18.2 Å². The van der Waals surface area contributed by atoms with E-state index in [2.05, 4.69) is 10.6 Å². The first kappa shape index (κ1) is 9.45. The van der Waals surface area contributed by atoms with E-state index in [1.807, 2.05) is 0 Å². The molecule has 1 aromatic carbocycles. The maximum absolute atomic E-state index is 12.8. The topological polar surface area (TPSA) is 78.4 Å². The summed E-state index contributed by atoms with van der Waals surface area (Å²) >= 11 is 0. The van der Waals surface area contributed by atoms with E-state index < -0.39 is 23.9 Å². The SMILES string of the molecule is O=C1NC(C(=O)O)Nc2ccc(F)cc21. The highest BCUT2D eigenvalue weighted by Crippen LogP contribution is 2.20. The zero-order chi connectivity index (χ0) is 11.0. The van der Waals surface area contributed by atoms with Crippen molar-refractivity contribution < 1.29 is 19.1 Å². The summed E-state index contributed by atoms with van der Waals surface area (Å²) in [7, 11) is 0. The lowest BCUT2D eigenvalue weighted by Crippen LogP contribution is -2.49. The van der Waals surface area contributed by atoms with Crippen LogP contribution >= 0.6 is 0 Å². The van der Waals surface area contributed by atoms with Crippen LogP contribution in [0.1, 0.15) is 10.4 Å². The molecule has 15 heavy (non-hydrogen) atoms. The minimum absolute atomic E-state index is 0.104. The summed E-state index contributed by atoms with van der Waals surface area (Å²) < 4.78 is 12.8. The number of carboxylic acid groups (broad SMARTS) is 1. The first-order valence-electron chi connectivity index (χ1n) is 4.17. The third-order valence-electron chi connectivity index (χ3n) is 2.05. The lowest BCUT2D eigenvalue weighted by molar-refractivity contribution is -0.138. The molecule has 1 amide bonds. The molecule has 2 rings (SSSR count). The number of nitrogens with one attached hydrogen (secondary N) is 2. The third-order valence-corrected chi connectivity index (χ3v) is 2.05. The highest BCUT2D eigenvalue weighted by atomic mass is 19.1. The summed E-state index contributed by atoms with van der Waals surface area (Å²) in [6, 6.07) is 3.54. The number of rotatable bonds is 1. The number of benzene rings is 1. The zero-order valence-corrected chi connectivity index (χ0v) is 7.45. The molecule has 3 N–H and O–H groups in total. The predicted molar refractivity (Wildman–Crippen MR) is 48.9 cm³/mol. The summed E-state index contributed by atoms with van der Waals surface area (Å²) in [6.07, 6.45) is -1.17. The van der Waals surface area contributed by atoms with Crippen LogP contribution in [0.4, 0.5) is 10.1 Å². The van der Waals surface area contributed by atoms with E-state index in [0.717, 1.165) is 12.1 Å². The van der Waals surface area contributed by atoms with Gasteiger partial charge in [0.2, 0.25) is 0 Å². The molecule has 1 heterocycles. The van der Waals surface area contributed by atoms with E-state index in [1.54, 1.807) is 0 Å². The number of aliphatic carboxylic acids is 1. The number of carbonyl (C=O) groups excluding carboxylic acids is 1. The molecule has 78 valence electrons. The van der Waals surface area contributed by atoms with Crippen molar-refractivity contribution in [1.82, 2.24) is 5.32 Å². The Labute approximate surface area is 83.9 Å². The minimum Gasteiger partial charge on any atom is -0.478 e. The van der Waals surface area contributed by atoms with Gasteiger partial charge in [0, 0.05) is 5.69 Å². The van der Waals surface area contributed by atoms with Gasteiger partial charge in [-0.15, -0.1) is 0 Å². The van der Waals surface area contributed by atoms with Crippen LogP contribution in [-0.4, -0.2) is 23.1 Å². The van der Waals surface area contributed by atoms with Gasteiger partial charge in [-0.3, -0.25) is 4.79 Å². The van der Waals surface area contributed by atoms with Crippen molar-refractivity contribution in [2.45, 2.75) is 6.17 Å². The van der Waals surface area contributed by atoms with Crippen molar-refractivity contribution in [3.63, 3.8) is 0 Å². The normalized spacial score (nSPS) is 18.7. The van der Waals surface area contributed by atoms with E-state index in [-0.39, 0.29) is 5.56 Å². The van der Waals surface area contributed by atoms with E-state index >= 15 is 0 Å². The Morgan fingerprint density at radius 1 is 1.40 bits per heavy atom. The number of hydrogen-bond acceptors (Lipinski definition) is 3. The lowest BCUT2D eigenvalue weighted by Gasteiger charge is -2.24. The number of carbonyl (C=O) groups is 2. The molecule has 0 bridgehead atoms. The number of fused-ring (bicyclic) bond motifs is 1. The van der Waals surface area contributed by atoms with Crippen LogP contribution in [0.25, 0.3) is 0 Å². The summed E-state index contributed by atoms with van der Waals surface area (Å²) in [5, 5.41) is 13.4. The largest absolute Gasteiger partial charge is 0.478 e. The molecule has 1 aliphatic heterocycles. The van der Waals surface area contributed by atoms with Gasteiger partial charge in [-0.1, -0.05) is 0 Å². The molecule has 0 radical (unpaired) electrons. The van der Waals surface area contributed by atoms with E-state index in [4.69, 9.17) is 5.11 Å². The van der Waals surface area contributed by atoms with Crippen molar-refractivity contribution in [2.75, 3.05) is 5.32 Å². The molecule has 1 aliphatic rings. The zero-order valence-electron chi connectivity index (χ0n) is 7.45. The number of halogens is 1. The Bertz CT molecular complexity index is 447. The second kappa shape index (κ2) is 3.23. The maximum atomic E-state index is 12.8. The average Bonchev–Trinajstić information content (AvgIpc) is 2.18. The maximum Gasteiger partial charge on any atom is 0.347 e. The van der Waals surface area contributed by atoms with Gasteiger partial charge in [0.15, 0.2) is 6.17 Å². The van der Waals surface area contributed by atoms with E-state index in [0.29, 0.717) is 5.69 Å². The molecule has 0 aromatic heterocycles. The molecule has 0 spiro atoms. The molecule has 0 saturated heterocycles. The monoisotopic (exact) mass is 210 g/mol.